The summed E-state index contributed by atoms with van der Waals surface area (Å²) in [4.78, 5) is 9.83. The van der Waals surface area contributed by atoms with Gasteiger partial charge in [0.1, 0.15) is 0 Å². The molecule has 25 heteroatoms. The van der Waals surface area contributed by atoms with Crippen LogP contribution in [0.4, 0.5) is 92.2 Å². The third-order valence-electron chi connectivity index (χ3n) is 3.39. The Morgan fingerprint density at radius 2 is 0.694 bits per heavy atom. The van der Waals surface area contributed by atoms with Crippen LogP contribution in [0, 0.1) is 0 Å². The first kappa shape index (κ1) is 33.9. The molecular weight excluding hydrogens is 595 g/mol. The Bertz CT molecular complexity index is 826. The average molecular weight is 596 g/mol. The van der Waals surface area contributed by atoms with Gasteiger partial charge >= 0.3 is 66.2 Å². The van der Waals surface area contributed by atoms with Gasteiger partial charge in [0.15, 0.2) is 0 Å². The number of aliphatic carboxylic acids is 1. The molecule has 0 amide bonds. The number of carboxylic acids is 1. The fraction of sp³-hybridized carbons (Fsp3) is 0.909. The van der Waals surface area contributed by atoms with Crippen LogP contribution in [0.25, 0.3) is 0 Å². The molecule has 1 N–H and O–H groups in total. The number of rotatable bonds is 11. The minimum atomic E-state index is -8.85. The summed E-state index contributed by atoms with van der Waals surface area (Å²) >= 11 is 0. The van der Waals surface area contributed by atoms with Gasteiger partial charge < -0.3 is 5.11 Å². The highest BCUT2D eigenvalue weighted by atomic mass is 19.4. The van der Waals surface area contributed by atoms with Gasteiger partial charge in [0.2, 0.25) is 0 Å². The van der Waals surface area contributed by atoms with Crippen LogP contribution in [-0.4, -0.2) is 71.3 Å². The highest BCUT2D eigenvalue weighted by Crippen LogP contribution is 2.61. The summed E-state index contributed by atoms with van der Waals surface area (Å²) in [6, 6.07) is 0. The third kappa shape index (κ3) is 4.90. The molecule has 0 spiro atoms. The van der Waals surface area contributed by atoms with Gasteiger partial charge in [-0.25, -0.2) is 14.3 Å². The Balaban J connectivity index is 6.49. The van der Waals surface area contributed by atoms with E-state index >= 15 is 0 Å². The van der Waals surface area contributed by atoms with Crippen LogP contribution in [0.15, 0.2) is 0 Å². The van der Waals surface area contributed by atoms with Gasteiger partial charge in [0.05, 0.1) is 0 Å². The fourth-order valence-corrected chi connectivity index (χ4v) is 1.45. The van der Waals surface area contributed by atoms with Crippen molar-refractivity contribution in [1.29, 1.82) is 0 Å². The van der Waals surface area contributed by atoms with E-state index in [1.165, 1.54) is 4.74 Å². The SMILES string of the molecule is O=C(O)C(F)(F)C(F)(F)OC(F)(F)C(F)(F)OC(F)(F)C(F)(F)C(F)(F)C(F)(F)C(F)(F)C(F)(F)F. The van der Waals surface area contributed by atoms with Gasteiger partial charge in [-0.05, 0) is 0 Å². The molecular formula is C11HF21O4. The molecule has 0 heterocycles. The van der Waals surface area contributed by atoms with Crippen LogP contribution in [0.2, 0.25) is 0 Å². The fourth-order valence-electron chi connectivity index (χ4n) is 1.45. The second-order valence-electron chi connectivity index (χ2n) is 5.95. The summed E-state index contributed by atoms with van der Waals surface area (Å²) in [6.07, 6.45) is -39.8. The molecule has 0 aromatic rings. The minimum Gasteiger partial charge on any atom is -0.477 e. The van der Waals surface area contributed by atoms with E-state index in [-0.39, 0.29) is 0 Å². The van der Waals surface area contributed by atoms with Crippen molar-refractivity contribution in [2.45, 2.75) is 60.2 Å². The zero-order valence-corrected chi connectivity index (χ0v) is 15.1. The molecule has 0 aromatic heterocycles. The van der Waals surface area contributed by atoms with Crippen molar-refractivity contribution in [3.63, 3.8) is 0 Å². The zero-order valence-electron chi connectivity index (χ0n) is 15.1. The maximum Gasteiger partial charge on any atom is 0.460 e. The van der Waals surface area contributed by atoms with Gasteiger partial charge in [0.25, 0.3) is 0 Å². The largest absolute Gasteiger partial charge is 0.477 e. The number of halogens is 21. The second kappa shape index (κ2) is 8.47. The lowest BCUT2D eigenvalue weighted by Gasteiger charge is -2.40. The molecule has 4 nitrogen and oxygen atoms in total. The first-order valence-corrected chi connectivity index (χ1v) is 7.21. The van der Waals surface area contributed by atoms with E-state index in [9.17, 15) is 97.0 Å². The van der Waals surface area contributed by atoms with E-state index in [1.807, 2.05) is 0 Å². The highest BCUT2D eigenvalue weighted by molar-refractivity contribution is 5.76. The molecule has 216 valence electrons. The normalized spacial score (nSPS) is 16.4. The Kier molecular flexibility index (Phi) is 7.98. The summed E-state index contributed by atoms with van der Waals surface area (Å²) in [7, 11) is 0. The van der Waals surface area contributed by atoms with E-state index in [0.29, 0.717) is 0 Å². The first-order chi connectivity index (χ1) is 15.1. The number of carboxylic acid groups (broad SMARTS) is 1. The smallest absolute Gasteiger partial charge is 0.460 e. The van der Waals surface area contributed by atoms with Crippen LogP contribution in [0.1, 0.15) is 0 Å². The quantitative estimate of drug-likeness (QED) is 0.289. The summed E-state index contributed by atoms with van der Waals surface area (Å²) in [5.41, 5.74) is 0. The molecule has 0 aliphatic heterocycles. The topological polar surface area (TPSA) is 55.8 Å². The standard InChI is InChI=1S/C11HF21O4/c12-2(13,1(33)34)8(25,26)35-10(29,30)11(31,32)36-9(27,28)6(20,21)4(16,17)3(14,15)5(18,19)7(22,23)24/h(H,33,34). The van der Waals surface area contributed by atoms with E-state index < -0.39 is 66.2 Å². The number of hydrogen-bond acceptors (Lipinski definition) is 3. The Morgan fingerprint density at radius 3 is 0.972 bits per heavy atom. The van der Waals surface area contributed by atoms with Crippen molar-refractivity contribution in [1.82, 2.24) is 0 Å². The molecule has 0 fully saturated rings. The van der Waals surface area contributed by atoms with Crippen molar-refractivity contribution in [2.75, 3.05) is 0 Å². The van der Waals surface area contributed by atoms with E-state index in [4.69, 9.17) is 5.11 Å². The molecule has 0 aliphatic rings. The molecule has 0 aliphatic carbocycles. The average Bonchev–Trinajstić information content (AvgIpc) is 2.57. The van der Waals surface area contributed by atoms with Crippen molar-refractivity contribution in [3.8, 4) is 0 Å². The van der Waals surface area contributed by atoms with Gasteiger partial charge in [-0.3, -0.25) is 0 Å². The molecule has 36 heavy (non-hydrogen) atoms. The second-order valence-corrected chi connectivity index (χ2v) is 5.95. The van der Waals surface area contributed by atoms with E-state index in [0.717, 1.165) is 4.74 Å². The van der Waals surface area contributed by atoms with Crippen LogP contribution in [0.3, 0.4) is 0 Å². The van der Waals surface area contributed by atoms with Gasteiger partial charge in [-0.15, -0.1) is 0 Å². The molecule has 0 saturated carbocycles. The third-order valence-corrected chi connectivity index (χ3v) is 3.39. The Labute approximate surface area is 179 Å². The molecule has 0 unspecified atom stereocenters. The van der Waals surface area contributed by atoms with Crippen LogP contribution in [-0.2, 0) is 14.3 Å². The van der Waals surface area contributed by atoms with Gasteiger partial charge in [-0.1, -0.05) is 0 Å². The van der Waals surface area contributed by atoms with Crippen molar-refractivity contribution < 1.29 is 112 Å². The van der Waals surface area contributed by atoms with Crippen LogP contribution in [0.5, 0.6) is 0 Å². The van der Waals surface area contributed by atoms with Crippen molar-refractivity contribution in [2.24, 2.45) is 0 Å². The Morgan fingerprint density at radius 1 is 0.417 bits per heavy atom. The number of carbonyl (C=O) groups is 1. The number of alkyl halides is 21. The molecule has 0 bridgehead atoms. The maximum absolute atomic E-state index is 13.2. The Hall–Kier alpha value is -2.08. The first-order valence-electron chi connectivity index (χ1n) is 7.21. The molecule has 0 aromatic carbocycles. The number of ether oxygens (including phenoxy) is 2. The predicted octanol–water partition coefficient (Wildman–Crippen LogP) is 6.21. The summed E-state index contributed by atoms with van der Waals surface area (Å²) in [5, 5.41) is 7.67. The van der Waals surface area contributed by atoms with Crippen molar-refractivity contribution >= 4 is 5.97 Å². The minimum absolute atomic E-state index is 0.997. The molecule has 0 atom stereocenters. The summed E-state index contributed by atoms with van der Waals surface area (Å²) in [6.45, 7) is 0. The molecule has 0 saturated heterocycles. The monoisotopic (exact) mass is 596 g/mol. The van der Waals surface area contributed by atoms with E-state index in [2.05, 4.69) is 0 Å². The van der Waals surface area contributed by atoms with Gasteiger partial charge in [-0.2, -0.15) is 92.2 Å². The predicted molar refractivity (Wildman–Crippen MR) is 60.4 cm³/mol. The lowest BCUT2D eigenvalue weighted by atomic mass is 9.97. The van der Waals surface area contributed by atoms with Crippen LogP contribution >= 0.6 is 0 Å². The van der Waals surface area contributed by atoms with E-state index in [1.54, 1.807) is 0 Å². The van der Waals surface area contributed by atoms with Gasteiger partial charge in [0, 0.05) is 0 Å². The maximum atomic E-state index is 13.2. The summed E-state index contributed by atoms with van der Waals surface area (Å²) < 4.78 is 270. The molecule has 0 radical (unpaired) electrons. The summed E-state index contributed by atoms with van der Waals surface area (Å²) in [5.74, 6) is -45.8. The molecule has 0 rings (SSSR count). The lowest BCUT2D eigenvalue weighted by molar-refractivity contribution is -0.550. The zero-order chi connectivity index (χ0) is 30.0. The number of hydrogen-bond donors (Lipinski definition) is 1. The van der Waals surface area contributed by atoms with Crippen LogP contribution < -0.4 is 0 Å². The lowest BCUT2D eigenvalue weighted by Crippen LogP contribution is -2.71. The van der Waals surface area contributed by atoms with Crippen molar-refractivity contribution in [3.05, 3.63) is 0 Å². The highest BCUT2D eigenvalue weighted by Gasteiger charge is 2.92.